The van der Waals surface area contributed by atoms with Crippen LogP contribution in [0.3, 0.4) is 0 Å². The standard InChI is InChI=1S/C30H31N2O/c1-17-10-18(2)13-23(12-17)29-30-24-14-19(3)11-22(6)28(24)26(33)16-32(30)15-25(31-29)27-20(4)8-7-9-21(27)5/h7-15,26,33H,16H2,1-6H3/q+1/t26-/m1/s1. The molecule has 0 radical (unpaired) electrons. The molecule has 3 heteroatoms. The van der Waals surface area contributed by atoms with Crippen LogP contribution in [0.15, 0.2) is 54.7 Å². The van der Waals surface area contributed by atoms with Crippen molar-refractivity contribution in [2.75, 3.05) is 0 Å². The summed E-state index contributed by atoms with van der Waals surface area (Å²) in [5.41, 5.74) is 14.6. The number of fused-ring (bicyclic) bond motifs is 3. The van der Waals surface area contributed by atoms with Gasteiger partial charge < -0.3 is 5.11 Å². The number of hydrogen-bond donors (Lipinski definition) is 1. The van der Waals surface area contributed by atoms with E-state index in [-0.39, 0.29) is 0 Å². The number of aromatic nitrogens is 2. The van der Waals surface area contributed by atoms with Gasteiger partial charge in [-0.3, -0.25) is 0 Å². The van der Waals surface area contributed by atoms with Crippen molar-refractivity contribution in [2.45, 2.75) is 54.2 Å². The fourth-order valence-corrected chi connectivity index (χ4v) is 5.52. The number of rotatable bonds is 2. The number of aliphatic hydroxyl groups excluding tert-OH is 1. The maximum absolute atomic E-state index is 11.2. The number of nitrogens with zero attached hydrogens (tertiary/aromatic N) is 2. The molecule has 1 N–H and O–H groups in total. The predicted octanol–water partition coefficient (Wildman–Crippen LogP) is 6.27. The summed E-state index contributed by atoms with van der Waals surface area (Å²) in [6.07, 6.45) is 1.58. The molecule has 1 aromatic heterocycles. The van der Waals surface area contributed by atoms with Gasteiger partial charge in [0, 0.05) is 16.7 Å². The summed E-state index contributed by atoms with van der Waals surface area (Å²) in [6.45, 7) is 13.3. The van der Waals surface area contributed by atoms with Gasteiger partial charge in [-0.05, 0) is 76.4 Å². The third kappa shape index (κ3) is 3.67. The maximum atomic E-state index is 11.2. The lowest BCUT2D eigenvalue weighted by Crippen LogP contribution is -2.43. The second kappa shape index (κ2) is 7.93. The first kappa shape index (κ1) is 21.5. The second-order valence-electron chi connectivity index (χ2n) is 9.68. The summed E-state index contributed by atoms with van der Waals surface area (Å²) in [5, 5.41) is 11.2. The van der Waals surface area contributed by atoms with E-state index in [1.54, 1.807) is 0 Å². The molecule has 2 heterocycles. The fraction of sp³-hybridized carbons (Fsp3) is 0.267. The maximum Gasteiger partial charge on any atom is 0.239 e. The van der Waals surface area contributed by atoms with Crippen LogP contribution in [0.2, 0.25) is 0 Å². The summed E-state index contributed by atoms with van der Waals surface area (Å²) in [4.78, 5) is 5.31. The van der Waals surface area contributed by atoms with Crippen molar-refractivity contribution in [1.29, 1.82) is 0 Å². The lowest BCUT2D eigenvalue weighted by molar-refractivity contribution is -0.696. The third-order valence-corrected chi connectivity index (χ3v) is 6.74. The molecule has 33 heavy (non-hydrogen) atoms. The van der Waals surface area contributed by atoms with Crippen LogP contribution >= 0.6 is 0 Å². The van der Waals surface area contributed by atoms with E-state index in [0.29, 0.717) is 6.54 Å². The fourth-order valence-electron chi connectivity index (χ4n) is 5.52. The van der Waals surface area contributed by atoms with E-state index in [0.717, 1.165) is 39.3 Å². The Morgan fingerprint density at radius 2 is 1.45 bits per heavy atom. The van der Waals surface area contributed by atoms with Gasteiger partial charge >= 0.3 is 0 Å². The summed E-state index contributed by atoms with van der Waals surface area (Å²) in [6, 6.07) is 17.4. The molecule has 4 aromatic rings. The molecule has 1 aliphatic rings. The Bertz CT molecular complexity index is 1380. The monoisotopic (exact) mass is 435 g/mol. The van der Waals surface area contributed by atoms with Crippen LogP contribution in [0.4, 0.5) is 0 Å². The summed E-state index contributed by atoms with van der Waals surface area (Å²) in [7, 11) is 0. The minimum Gasteiger partial charge on any atom is -0.382 e. The molecule has 3 aromatic carbocycles. The molecule has 0 saturated carbocycles. The topological polar surface area (TPSA) is 37.0 Å². The van der Waals surface area contributed by atoms with Crippen LogP contribution in [0, 0.1) is 41.5 Å². The van der Waals surface area contributed by atoms with Crippen LogP contribution in [-0.4, -0.2) is 10.1 Å². The van der Waals surface area contributed by atoms with Crippen LogP contribution in [-0.2, 0) is 6.54 Å². The van der Waals surface area contributed by atoms with Crippen molar-refractivity contribution in [1.82, 2.24) is 4.98 Å². The van der Waals surface area contributed by atoms with E-state index in [4.69, 9.17) is 4.98 Å². The zero-order chi connectivity index (χ0) is 23.4. The minimum absolute atomic E-state index is 0.518. The lowest BCUT2D eigenvalue weighted by atomic mass is 9.87. The number of aryl methyl sites for hydroxylation is 6. The minimum atomic E-state index is -0.543. The largest absolute Gasteiger partial charge is 0.382 e. The molecular weight excluding hydrogens is 404 g/mol. The molecule has 1 atom stereocenters. The molecule has 0 amide bonds. The van der Waals surface area contributed by atoms with Crippen LogP contribution < -0.4 is 4.57 Å². The van der Waals surface area contributed by atoms with Gasteiger partial charge in [-0.2, -0.15) is 4.57 Å². The number of benzene rings is 3. The van der Waals surface area contributed by atoms with E-state index in [9.17, 15) is 5.11 Å². The normalized spacial score (nSPS) is 14.7. The van der Waals surface area contributed by atoms with Crippen molar-refractivity contribution in [3.63, 3.8) is 0 Å². The first-order chi connectivity index (χ1) is 15.7. The highest BCUT2D eigenvalue weighted by Crippen LogP contribution is 2.40. The van der Waals surface area contributed by atoms with E-state index in [2.05, 4.69) is 101 Å². The SMILES string of the molecule is Cc1cc(C)cc(-c2nc(-c3c(C)cccc3C)c[n+]3c2-c2cc(C)cc(C)c2[C@H](O)C3)c1. The zero-order valence-electron chi connectivity index (χ0n) is 20.3. The zero-order valence-corrected chi connectivity index (χ0v) is 20.3. The number of hydrogen-bond acceptors (Lipinski definition) is 2. The second-order valence-corrected chi connectivity index (χ2v) is 9.68. The van der Waals surface area contributed by atoms with Gasteiger partial charge in [0.1, 0.15) is 17.5 Å². The first-order valence-corrected chi connectivity index (χ1v) is 11.6. The van der Waals surface area contributed by atoms with Crippen LogP contribution in [0.5, 0.6) is 0 Å². The Hall–Kier alpha value is -3.30. The molecule has 0 aliphatic carbocycles. The Morgan fingerprint density at radius 3 is 2.12 bits per heavy atom. The van der Waals surface area contributed by atoms with E-state index in [1.807, 2.05) is 0 Å². The average Bonchev–Trinajstić information content (AvgIpc) is 2.71. The van der Waals surface area contributed by atoms with Gasteiger partial charge in [0.15, 0.2) is 12.7 Å². The molecule has 0 fully saturated rings. The first-order valence-electron chi connectivity index (χ1n) is 11.6. The van der Waals surface area contributed by atoms with Gasteiger partial charge in [-0.15, -0.1) is 0 Å². The molecule has 0 spiro atoms. The summed E-state index contributed by atoms with van der Waals surface area (Å²) < 4.78 is 2.22. The smallest absolute Gasteiger partial charge is 0.239 e. The Morgan fingerprint density at radius 1 is 0.818 bits per heavy atom. The molecule has 0 unspecified atom stereocenters. The predicted molar refractivity (Wildman–Crippen MR) is 134 cm³/mol. The highest BCUT2D eigenvalue weighted by atomic mass is 16.3. The average molecular weight is 436 g/mol. The molecule has 0 saturated heterocycles. The Labute approximate surface area is 196 Å². The molecule has 166 valence electrons. The molecular formula is C30H31N2O+. The lowest BCUT2D eigenvalue weighted by Gasteiger charge is -2.24. The Balaban J connectivity index is 1.90. The van der Waals surface area contributed by atoms with Crippen molar-refractivity contribution in [2.24, 2.45) is 0 Å². The highest BCUT2D eigenvalue weighted by molar-refractivity contribution is 5.81. The van der Waals surface area contributed by atoms with Crippen molar-refractivity contribution in [3.05, 3.63) is 93.7 Å². The van der Waals surface area contributed by atoms with E-state index in [1.165, 1.54) is 33.4 Å². The molecule has 0 bridgehead atoms. The molecule has 3 nitrogen and oxygen atoms in total. The van der Waals surface area contributed by atoms with Gasteiger partial charge in [-0.25, -0.2) is 4.98 Å². The van der Waals surface area contributed by atoms with E-state index >= 15 is 0 Å². The van der Waals surface area contributed by atoms with Gasteiger partial charge in [-0.1, -0.05) is 47.0 Å². The van der Waals surface area contributed by atoms with E-state index < -0.39 is 6.10 Å². The number of aliphatic hydroxyl groups is 1. The Kier molecular flexibility index (Phi) is 5.18. The third-order valence-electron chi connectivity index (χ3n) is 6.74. The van der Waals surface area contributed by atoms with Crippen LogP contribution in [0.25, 0.3) is 33.8 Å². The van der Waals surface area contributed by atoms with Crippen molar-refractivity contribution >= 4 is 0 Å². The van der Waals surface area contributed by atoms with Crippen molar-refractivity contribution in [3.8, 4) is 33.8 Å². The quantitative estimate of drug-likeness (QED) is 0.377. The summed E-state index contributed by atoms with van der Waals surface area (Å²) in [5.74, 6) is 0. The molecule has 1 aliphatic heterocycles. The van der Waals surface area contributed by atoms with Gasteiger partial charge in [0.2, 0.25) is 5.69 Å². The molecule has 5 rings (SSSR count). The summed E-state index contributed by atoms with van der Waals surface area (Å²) >= 11 is 0. The van der Waals surface area contributed by atoms with Crippen LogP contribution in [0.1, 0.15) is 45.0 Å². The highest BCUT2D eigenvalue weighted by Gasteiger charge is 2.35. The van der Waals surface area contributed by atoms with Gasteiger partial charge in [0.25, 0.3) is 0 Å². The van der Waals surface area contributed by atoms with Gasteiger partial charge in [0.05, 0.1) is 5.56 Å². The van der Waals surface area contributed by atoms with Crippen molar-refractivity contribution < 1.29 is 9.67 Å².